The molecular weight excluding hydrogens is 254 g/mol. The second-order valence-electron chi connectivity index (χ2n) is 4.68. The summed E-state index contributed by atoms with van der Waals surface area (Å²) in [6.45, 7) is 5.30. The third-order valence-electron chi connectivity index (χ3n) is 3.44. The van der Waals surface area contributed by atoms with Gasteiger partial charge in [-0.15, -0.1) is 12.4 Å². The Bertz CT molecular complexity index is 241. The first-order valence-corrected chi connectivity index (χ1v) is 6.40. The summed E-state index contributed by atoms with van der Waals surface area (Å²) in [6, 6.07) is 0.209. The van der Waals surface area contributed by atoms with Crippen molar-refractivity contribution in [2.75, 3.05) is 39.9 Å². The van der Waals surface area contributed by atoms with Crippen molar-refractivity contribution >= 4 is 18.3 Å². The molecule has 0 aromatic rings. The minimum absolute atomic E-state index is 0. The molecule has 6 heteroatoms. The Labute approximate surface area is 116 Å². The van der Waals surface area contributed by atoms with Crippen molar-refractivity contribution in [2.24, 2.45) is 11.7 Å². The van der Waals surface area contributed by atoms with Gasteiger partial charge in [-0.25, -0.2) is 0 Å². The molecule has 18 heavy (non-hydrogen) atoms. The van der Waals surface area contributed by atoms with E-state index >= 15 is 0 Å². The number of hydrogen-bond donors (Lipinski definition) is 2. The first-order valence-electron chi connectivity index (χ1n) is 6.40. The first-order chi connectivity index (χ1) is 8.20. The number of amides is 1. The Morgan fingerprint density at radius 1 is 1.56 bits per heavy atom. The summed E-state index contributed by atoms with van der Waals surface area (Å²) in [5, 5.41) is 3.09. The third kappa shape index (κ3) is 5.10. The summed E-state index contributed by atoms with van der Waals surface area (Å²) in [5.74, 6) is 0.666. The van der Waals surface area contributed by atoms with Crippen LogP contribution in [-0.4, -0.2) is 56.7 Å². The van der Waals surface area contributed by atoms with Gasteiger partial charge in [-0.05, 0) is 18.8 Å². The van der Waals surface area contributed by atoms with E-state index in [-0.39, 0.29) is 24.4 Å². The molecule has 0 aromatic heterocycles. The highest BCUT2D eigenvalue weighted by atomic mass is 35.5. The highest BCUT2D eigenvalue weighted by Crippen LogP contribution is 2.22. The number of carbonyl (C=O) groups excluding carboxylic acids is 1. The first kappa shape index (κ1) is 17.6. The lowest BCUT2D eigenvalue weighted by Gasteiger charge is -2.39. The van der Waals surface area contributed by atoms with Gasteiger partial charge < -0.3 is 20.7 Å². The predicted molar refractivity (Wildman–Crippen MR) is 74.9 cm³/mol. The maximum Gasteiger partial charge on any atom is 0.236 e. The monoisotopic (exact) mass is 279 g/mol. The van der Waals surface area contributed by atoms with Gasteiger partial charge in [0, 0.05) is 32.8 Å². The van der Waals surface area contributed by atoms with Crippen LogP contribution < -0.4 is 11.1 Å². The van der Waals surface area contributed by atoms with E-state index in [1.165, 1.54) is 6.42 Å². The smallest absolute Gasteiger partial charge is 0.236 e. The molecule has 1 heterocycles. The molecule has 1 rings (SSSR count). The van der Waals surface area contributed by atoms with Gasteiger partial charge in [0.1, 0.15) is 0 Å². The number of piperidine rings is 1. The molecule has 0 saturated carbocycles. The van der Waals surface area contributed by atoms with E-state index in [4.69, 9.17) is 10.5 Å². The molecule has 0 aliphatic carbocycles. The summed E-state index contributed by atoms with van der Waals surface area (Å²) in [4.78, 5) is 14.0. The average molecular weight is 280 g/mol. The van der Waals surface area contributed by atoms with Gasteiger partial charge in [0.15, 0.2) is 0 Å². The normalized spacial score (nSPS) is 23.6. The number of nitrogens with two attached hydrogens (primary N) is 1. The zero-order chi connectivity index (χ0) is 12.7. The lowest BCUT2D eigenvalue weighted by molar-refractivity contribution is -0.135. The van der Waals surface area contributed by atoms with E-state index in [0.717, 1.165) is 13.0 Å². The van der Waals surface area contributed by atoms with Crippen LogP contribution in [0, 0.1) is 5.92 Å². The SMILES string of the molecule is COCCNCC(=O)N1CCCC(C)C1CN.Cl. The van der Waals surface area contributed by atoms with Crippen LogP contribution in [0.4, 0.5) is 0 Å². The van der Waals surface area contributed by atoms with Crippen molar-refractivity contribution in [3.63, 3.8) is 0 Å². The Morgan fingerprint density at radius 3 is 2.89 bits per heavy atom. The Kier molecular flexibility index (Phi) is 9.36. The fraction of sp³-hybridized carbons (Fsp3) is 0.917. The quantitative estimate of drug-likeness (QED) is 0.683. The number of likely N-dealkylation sites (tertiary alicyclic amines) is 1. The molecule has 1 amide bonds. The molecule has 108 valence electrons. The number of hydrogen-bond acceptors (Lipinski definition) is 4. The minimum atomic E-state index is 0. The maximum atomic E-state index is 12.0. The van der Waals surface area contributed by atoms with Crippen molar-refractivity contribution in [1.29, 1.82) is 0 Å². The number of nitrogens with one attached hydrogen (secondary N) is 1. The molecule has 1 fully saturated rings. The number of nitrogens with zero attached hydrogens (tertiary/aromatic N) is 1. The van der Waals surface area contributed by atoms with E-state index in [1.54, 1.807) is 7.11 Å². The zero-order valence-corrected chi connectivity index (χ0v) is 12.2. The molecule has 1 saturated heterocycles. The molecule has 2 unspecified atom stereocenters. The van der Waals surface area contributed by atoms with Gasteiger partial charge in [0.2, 0.25) is 5.91 Å². The van der Waals surface area contributed by atoms with Crippen molar-refractivity contribution in [3.8, 4) is 0 Å². The Morgan fingerprint density at radius 2 is 2.28 bits per heavy atom. The van der Waals surface area contributed by atoms with Crippen LogP contribution in [0.15, 0.2) is 0 Å². The van der Waals surface area contributed by atoms with Crippen molar-refractivity contribution in [3.05, 3.63) is 0 Å². The molecule has 5 nitrogen and oxygen atoms in total. The standard InChI is InChI=1S/C12H25N3O2.ClH/c1-10-4-3-6-15(11(10)8-13)12(16)9-14-5-7-17-2;/h10-11,14H,3-9,13H2,1-2H3;1H. The number of rotatable bonds is 6. The number of halogens is 1. The molecule has 0 aromatic carbocycles. The van der Waals surface area contributed by atoms with Crippen LogP contribution in [0.5, 0.6) is 0 Å². The van der Waals surface area contributed by atoms with Gasteiger partial charge in [-0.3, -0.25) is 4.79 Å². The van der Waals surface area contributed by atoms with Crippen molar-refractivity contribution in [1.82, 2.24) is 10.2 Å². The second-order valence-corrected chi connectivity index (χ2v) is 4.68. The topological polar surface area (TPSA) is 67.6 Å². The Hall–Kier alpha value is -0.360. The fourth-order valence-corrected chi connectivity index (χ4v) is 2.39. The number of methoxy groups -OCH3 is 1. The number of ether oxygens (including phenoxy) is 1. The summed E-state index contributed by atoms with van der Waals surface area (Å²) in [5.41, 5.74) is 5.76. The van der Waals surface area contributed by atoms with Crippen LogP contribution >= 0.6 is 12.4 Å². The summed E-state index contributed by atoms with van der Waals surface area (Å²) in [7, 11) is 1.65. The van der Waals surface area contributed by atoms with E-state index in [2.05, 4.69) is 12.2 Å². The van der Waals surface area contributed by atoms with E-state index in [9.17, 15) is 4.79 Å². The van der Waals surface area contributed by atoms with E-state index in [0.29, 0.717) is 32.2 Å². The number of carbonyl (C=O) groups is 1. The van der Waals surface area contributed by atoms with E-state index in [1.807, 2.05) is 4.90 Å². The second kappa shape index (κ2) is 9.55. The van der Waals surface area contributed by atoms with Gasteiger partial charge in [0.05, 0.1) is 13.2 Å². The van der Waals surface area contributed by atoms with Crippen molar-refractivity contribution in [2.45, 2.75) is 25.8 Å². The van der Waals surface area contributed by atoms with Crippen LogP contribution in [0.2, 0.25) is 0 Å². The summed E-state index contributed by atoms with van der Waals surface area (Å²) < 4.78 is 4.92. The van der Waals surface area contributed by atoms with Crippen LogP contribution in [0.3, 0.4) is 0 Å². The highest BCUT2D eigenvalue weighted by molar-refractivity contribution is 5.85. The molecule has 0 spiro atoms. The lowest BCUT2D eigenvalue weighted by Crippen LogP contribution is -2.53. The minimum Gasteiger partial charge on any atom is -0.383 e. The summed E-state index contributed by atoms with van der Waals surface area (Å²) >= 11 is 0. The molecule has 0 radical (unpaired) electrons. The van der Waals surface area contributed by atoms with Crippen LogP contribution in [-0.2, 0) is 9.53 Å². The Balaban J connectivity index is 0.00000289. The van der Waals surface area contributed by atoms with Crippen LogP contribution in [0.1, 0.15) is 19.8 Å². The van der Waals surface area contributed by atoms with Gasteiger partial charge >= 0.3 is 0 Å². The average Bonchev–Trinajstić information content (AvgIpc) is 2.34. The molecule has 1 aliphatic rings. The fourth-order valence-electron chi connectivity index (χ4n) is 2.39. The molecule has 2 atom stereocenters. The van der Waals surface area contributed by atoms with Gasteiger partial charge in [-0.1, -0.05) is 6.92 Å². The third-order valence-corrected chi connectivity index (χ3v) is 3.44. The highest BCUT2D eigenvalue weighted by Gasteiger charge is 2.30. The summed E-state index contributed by atoms with van der Waals surface area (Å²) in [6.07, 6.45) is 2.25. The molecular formula is C12H26ClN3O2. The predicted octanol–water partition coefficient (Wildman–Crippen LogP) is 0.230. The van der Waals surface area contributed by atoms with Gasteiger partial charge in [0.25, 0.3) is 0 Å². The maximum absolute atomic E-state index is 12.0. The molecule has 1 aliphatic heterocycles. The zero-order valence-electron chi connectivity index (χ0n) is 11.4. The lowest BCUT2D eigenvalue weighted by atomic mass is 9.91. The van der Waals surface area contributed by atoms with Gasteiger partial charge in [-0.2, -0.15) is 0 Å². The largest absolute Gasteiger partial charge is 0.383 e. The van der Waals surface area contributed by atoms with E-state index < -0.39 is 0 Å². The van der Waals surface area contributed by atoms with Crippen LogP contribution in [0.25, 0.3) is 0 Å². The van der Waals surface area contributed by atoms with Crippen molar-refractivity contribution < 1.29 is 9.53 Å². The molecule has 0 bridgehead atoms. The molecule has 3 N–H and O–H groups in total.